The summed E-state index contributed by atoms with van der Waals surface area (Å²) in [6, 6.07) is 0. The van der Waals surface area contributed by atoms with Gasteiger partial charge in [0.25, 0.3) is 0 Å². The van der Waals surface area contributed by atoms with Crippen molar-refractivity contribution in [1.29, 1.82) is 0 Å². The molecule has 10 unspecified atom stereocenters. The Kier molecular flexibility index (Phi) is 37.6. The van der Waals surface area contributed by atoms with Crippen LogP contribution in [0.15, 0.2) is 0 Å². The number of carbonyl (C=O) groups excluding carboxylic acids is 7. The number of carbonyl (C=O) groups is 7. The summed E-state index contributed by atoms with van der Waals surface area (Å²) in [6.07, 6.45) is -0.332. The summed E-state index contributed by atoms with van der Waals surface area (Å²) in [4.78, 5) is 77.5. The fourth-order valence-corrected chi connectivity index (χ4v) is 10.9. The molecule has 10 atom stereocenters. The highest BCUT2D eigenvalue weighted by Gasteiger charge is 2.43. The van der Waals surface area contributed by atoms with Crippen molar-refractivity contribution in [2.75, 3.05) is 78.6 Å². The monoisotopic (exact) mass is 1620 g/mol. The van der Waals surface area contributed by atoms with Crippen molar-refractivity contribution in [3.63, 3.8) is 0 Å². The molecule has 100 heavy (non-hydrogen) atoms. The SMILES string of the molecule is C#CC(C)(C)OC(=O)C1COS(=O)(=O)O1.C#CC(C)OC(=O)C1COS(=O)(=O)O1.C#CCC(C)OC(=O)C1COS(=O)(=O)O1.CC#CC(C)OC(=O)C1COS(=O)(=O)O1.O=C(OCC(F)(F)F)C1COS(=O)(=O)O1.O=C(OCCCl)C1COS(=O)(=O)O1.O=C(OCCF)C1COS(=O)(=O)O1. The summed E-state index contributed by atoms with van der Waals surface area (Å²) >= 11 is 5.24. The lowest BCUT2D eigenvalue weighted by Crippen LogP contribution is -2.34. The van der Waals surface area contributed by atoms with E-state index < -0.39 is 220 Å². The van der Waals surface area contributed by atoms with Gasteiger partial charge in [0.15, 0.2) is 24.4 Å². The molecular formula is C46H57ClF4O42S7. The van der Waals surface area contributed by atoms with E-state index in [-0.39, 0.29) is 51.9 Å². The lowest BCUT2D eigenvalue weighted by atomic mass is 10.1. The summed E-state index contributed by atoms with van der Waals surface area (Å²) in [7, 11) is -28.5. The average molecular weight is 1620 g/mol. The highest BCUT2D eigenvalue weighted by Crippen LogP contribution is 2.22. The fourth-order valence-electron chi connectivity index (χ4n) is 5.46. The third-order valence-corrected chi connectivity index (χ3v) is 16.0. The van der Waals surface area contributed by atoms with Crippen LogP contribution in [0.2, 0.25) is 0 Å². The van der Waals surface area contributed by atoms with Crippen LogP contribution < -0.4 is 0 Å². The van der Waals surface area contributed by atoms with E-state index in [0.29, 0.717) is 0 Å². The molecule has 7 fully saturated rings. The molecule has 0 bridgehead atoms. The Morgan fingerprint density at radius 2 is 0.760 bits per heavy atom. The third-order valence-electron chi connectivity index (χ3n) is 9.64. The van der Waals surface area contributed by atoms with E-state index in [1.807, 2.05) is 0 Å². The molecule has 7 heterocycles. The van der Waals surface area contributed by atoms with Crippen LogP contribution in [0, 0.1) is 48.9 Å². The number of ether oxygens (including phenoxy) is 7. The van der Waals surface area contributed by atoms with Gasteiger partial charge in [-0.05, 0) is 41.5 Å². The van der Waals surface area contributed by atoms with E-state index in [0.717, 1.165) is 0 Å². The first-order valence-corrected chi connectivity index (χ1v) is 36.1. The second-order valence-corrected chi connectivity index (χ2v) is 27.4. The number of halogens is 5. The van der Waals surface area contributed by atoms with Crippen LogP contribution in [0.25, 0.3) is 0 Å². The zero-order valence-corrected chi connectivity index (χ0v) is 58.1. The largest absolute Gasteiger partial charge is 0.462 e. The molecule has 0 aromatic carbocycles. The van der Waals surface area contributed by atoms with Crippen molar-refractivity contribution >= 4 is 126 Å². The van der Waals surface area contributed by atoms with Gasteiger partial charge in [-0.15, -0.1) is 42.7 Å². The van der Waals surface area contributed by atoms with Gasteiger partial charge in [0.05, 0.1) is 5.88 Å². The quantitative estimate of drug-likeness (QED) is 0.0445. The van der Waals surface area contributed by atoms with E-state index in [1.165, 1.54) is 20.8 Å². The Morgan fingerprint density at radius 1 is 0.470 bits per heavy atom. The molecule has 0 saturated carbocycles. The number of rotatable bonds is 17. The summed E-state index contributed by atoms with van der Waals surface area (Å²) in [5.41, 5.74) is -1.10. The van der Waals surface area contributed by atoms with E-state index in [2.05, 4.69) is 107 Å². The van der Waals surface area contributed by atoms with Gasteiger partial charge in [0, 0.05) is 6.42 Å². The zero-order chi connectivity index (χ0) is 76.9. The summed E-state index contributed by atoms with van der Waals surface area (Å²) in [6.45, 7) is 3.28. The zero-order valence-electron chi connectivity index (χ0n) is 51.6. The van der Waals surface area contributed by atoms with Crippen molar-refractivity contribution in [3.05, 3.63) is 0 Å². The number of terminal acetylenes is 3. The van der Waals surface area contributed by atoms with E-state index in [1.54, 1.807) is 20.8 Å². The maximum absolute atomic E-state index is 11.6. The predicted molar refractivity (Wildman–Crippen MR) is 305 cm³/mol. The van der Waals surface area contributed by atoms with Gasteiger partial charge in [-0.25, -0.2) is 96.5 Å². The van der Waals surface area contributed by atoms with Crippen LogP contribution in [0.3, 0.4) is 0 Å². The minimum atomic E-state index is -4.67. The Labute approximate surface area is 573 Å². The van der Waals surface area contributed by atoms with Crippen molar-refractivity contribution in [3.8, 4) is 48.9 Å². The van der Waals surface area contributed by atoms with Gasteiger partial charge in [-0.2, -0.15) is 72.1 Å². The standard InChI is InChI=1S/3C8H10O6S.C7H8O6S.C5H7ClO6S.C5H5F3O6S.C5H7FO6S/c1-4-8(2,3)13-7(9)6-5-12-15(10,11)14-6;2*1-3-4-6(2)13-8(9)7-5-12-15(10,11)14-7;1-3-5(2)12-7(8)6-4-11-14(9,10)13-6;6-1-2-10-5(7)4-3-11-13(8,9)12-4;6-5(7,8)2-12-4(9)3-1-13-15(10,11)14-3;6-1-2-10-5(7)4-3-11-13(8,9)12-4/h1,6H,5H2,2-3H3;6-7H,5H2,1-2H3;1,6-7H,4-5H2,2H3;1,5-6H,4H2,2H3;4H,1-3H2;3H,1-2H2;4H,1-3H2. The van der Waals surface area contributed by atoms with Gasteiger partial charge in [-0.3, -0.25) is 0 Å². The molecule has 0 aromatic rings. The topological polar surface area (TPSA) is 552 Å². The Bertz CT molecular complexity index is 3810. The first-order valence-electron chi connectivity index (χ1n) is 26.2. The van der Waals surface area contributed by atoms with Gasteiger partial charge >= 0.3 is 121 Å². The van der Waals surface area contributed by atoms with Crippen molar-refractivity contribution in [2.24, 2.45) is 0 Å². The molecular weight excluding hydrogens is 1560 g/mol. The van der Waals surface area contributed by atoms with E-state index in [9.17, 15) is 110 Å². The number of hydrogen-bond donors (Lipinski definition) is 0. The fraction of sp³-hybridized carbons (Fsp3) is 0.674. The summed E-state index contributed by atoms with van der Waals surface area (Å²) < 4.78 is 285. The number of hydrogen-bond acceptors (Lipinski definition) is 42. The maximum Gasteiger partial charge on any atom is 0.422 e. The van der Waals surface area contributed by atoms with E-state index >= 15 is 0 Å². The van der Waals surface area contributed by atoms with Crippen LogP contribution in [0.1, 0.15) is 48.0 Å². The lowest BCUT2D eigenvalue weighted by Gasteiger charge is -2.19. The minimum absolute atomic E-state index is 0.0142. The van der Waals surface area contributed by atoms with Crippen LogP contribution in [0.5, 0.6) is 0 Å². The molecule has 570 valence electrons. The number of alkyl halides is 5. The molecule has 7 aliphatic heterocycles. The summed E-state index contributed by atoms with van der Waals surface area (Å²) in [5, 5.41) is 0. The minimum Gasteiger partial charge on any atom is -0.462 e. The van der Waals surface area contributed by atoms with Crippen LogP contribution in [-0.4, -0.2) is 252 Å². The van der Waals surface area contributed by atoms with Crippen LogP contribution in [-0.2, 0) is 198 Å². The van der Waals surface area contributed by atoms with Gasteiger partial charge in [-0.1, -0.05) is 17.8 Å². The molecule has 7 aliphatic rings. The predicted octanol–water partition coefficient (Wildman–Crippen LogP) is -3.64. The molecule has 0 N–H and O–H groups in total. The smallest absolute Gasteiger partial charge is 0.422 e. The Morgan fingerprint density at radius 3 is 1.02 bits per heavy atom. The maximum atomic E-state index is 11.6. The van der Waals surface area contributed by atoms with Crippen LogP contribution in [0.4, 0.5) is 17.6 Å². The van der Waals surface area contributed by atoms with Gasteiger partial charge in [0.2, 0.25) is 42.7 Å². The average Bonchev–Trinajstić information content (AvgIpc) is 1.70. The van der Waals surface area contributed by atoms with Crippen molar-refractivity contribution in [2.45, 2.75) is 121 Å². The first-order chi connectivity index (χ1) is 45.9. The van der Waals surface area contributed by atoms with Gasteiger partial charge < -0.3 is 33.2 Å². The second kappa shape index (κ2) is 41.1. The normalized spacial score (nSPS) is 25.4. The summed E-state index contributed by atoms with van der Waals surface area (Å²) in [5.74, 6) is 5.50. The first kappa shape index (κ1) is 91.6. The Balaban J connectivity index is 0.000000584. The molecule has 0 amide bonds. The molecule has 42 nitrogen and oxygen atoms in total. The molecule has 0 radical (unpaired) electrons. The Hall–Kier alpha value is -6.37. The molecule has 7 saturated heterocycles. The van der Waals surface area contributed by atoms with Crippen LogP contribution >= 0.6 is 11.6 Å². The van der Waals surface area contributed by atoms with Crippen molar-refractivity contribution < 1.29 is 202 Å². The highest BCUT2D eigenvalue weighted by molar-refractivity contribution is 7.83. The highest BCUT2D eigenvalue weighted by atomic mass is 35.5. The number of esters is 7. The third kappa shape index (κ3) is 38.1. The molecule has 0 spiro atoms. The van der Waals surface area contributed by atoms with E-state index in [4.69, 9.17) is 45.1 Å². The molecule has 0 aliphatic carbocycles. The molecule has 0 aromatic heterocycles. The molecule has 7 rings (SSSR count). The lowest BCUT2D eigenvalue weighted by molar-refractivity contribution is -0.190. The van der Waals surface area contributed by atoms with Gasteiger partial charge in [0.1, 0.15) is 72.2 Å². The van der Waals surface area contributed by atoms with Crippen molar-refractivity contribution in [1.82, 2.24) is 0 Å². The molecule has 54 heteroatoms. The second-order valence-electron chi connectivity index (χ2n) is 18.3.